The zero-order valence-corrected chi connectivity index (χ0v) is 18.0. The average Bonchev–Trinajstić information content (AvgIpc) is 3.20. The van der Waals surface area contributed by atoms with Crippen molar-refractivity contribution >= 4 is 21.8 Å². The molecular weight excluding hydrogens is 406 g/mol. The second-order valence-electron chi connectivity index (χ2n) is 7.17. The molecule has 2 N–H and O–H groups in total. The number of ketones is 1. The van der Waals surface area contributed by atoms with Crippen LogP contribution in [0.25, 0.3) is 5.69 Å². The molecule has 8 nitrogen and oxygen atoms in total. The van der Waals surface area contributed by atoms with E-state index in [0.29, 0.717) is 5.56 Å². The highest BCUT2D eigenvalue weighted by atomic mass is 32.2. The maximum atomic E-state index is 12.7. The number of nitrogens with zero attached hydrogens (tertiary/aromatic N) is 2. The number of carbonyl (C=O) groups excluding carboxylic acids is 2. The number of hydrogen-bond acceptors (Lipinski definition) is 5. The second-order valence-corrected chi connectivity index (χ2v) is 8.73. The van der Waals surface area contributed by atoms with Gasteiger partial charge in [-0.25, -0.2) is 18.4 Å². The van der Waals surface area contributed by atoms with E-state index < -0.39 is 22.6 Å². The van der Waals surface area contributed by atoms with Gasteiger partial charge >= 0.3 is 5.97 Å². The number of ether oxygens (including phenoxy) is 1. The van der Waals surface area contributed by atoms with Crippen molar-refractivity contribution in [3.05, 3.63) is 70.8 Å². The summed E-state index contributed by atoms with van der Waals surface area (Å²) in [6, 6.07) is 10.8. The van der Waals surface area contributed by atoms with E-state index in [2.05, 4.69) is 0 Å². The molecule has 0 atom stereocenters. The predicted molar refractivity (Wildman–Crippen MR) is 111 cm³/mol. The van der Waals surface area contributed by atoms with E-state index in [0.717, 1.165) is 28.7 Å². The molecule has 3 rings (SSSR count). The number of sulfonamides is 1. The number of benzene rings is 1. The van der Waals surface area contributed by atoms with Crippen molar-refractivity contribution in [2.45, 2.75) is 25.7 Å². The minimum Gasteiger partial charge on any atom is -0.453 e. The molecule has 158 valence electrons. The smallest absolute Gasteiger partial charge is 0.355 e. The number of nitrogens with two attached hydrogens (primary N) is 1. The fourth-order valence-corrected chi connectivity index (χ4v) is 3.89. The average molecular weight is 429 g/mol. The number of Topliss-reactive ketones (excluding diaryl/α,β-unsaturated/α-hetero) is 1. The molecule has 0 unspecified atom stereocenters. The fraction of sp³-hybridized carbons (Fsp3) is 0.238. The van der Waals surface area contributed by atoms with Crippen LogP contribution >= 0.6 is 0 Å². The van der Waals surface area contributed by atoms with Crippen molar-refractivity contribution in [1.29, 1.82) is 0 Å². The topological polar surface area (TPSA) is 113 Å². The van der Waals surface area contributed by atoms with Crippen LogP contribution in [0.5, 0.6) is 0 Å². The van der Waals surface area contributed by atoms with Gasteiger partial charge in [-0.05, 0) is 45.0 Å². The number of rotatable bonds is 6. The Labute approximate surface area is 174 Å². The van der Waals surface area contributed by atoms with Crippen molar-refractivity contribution in [2.24, 2.45) is 12.2 Å². The molecule has 30 heavy (non-hydrogen) atoms. The second kappa shape index (κ2) is 7.92. The molecule has 0 amide bonds. The first-order valence-corrected chi connectivity index (χ1v) is 10.7. The highest BCUT2D eigenvalue weighted by Crippen LogP contribution is 2.22. The van der Waals surface area contributed by atoms with Crippen LogP contribution in [0.2, 0.25) is 0 Å². The van der Waals surface area contributed by atoms with Crippen molar-refractivity contribution in [3.63, 3.8) is 0 Å². The van der Waals surface area contributed by atoms with Crippen LogP contribution in [-0.2, 0) is 21.8 Å². The molecule has 0 bridgehead atoms. The molecule has 9 heteroatoms. The highest BCUT2D eigenvalue weighted by molar-refractivity contribution is 7.89. The first-order valence-electron chi connectivity index (χ1n) is 9.14. The summed E-state index contributed by atoms with van der Waals surface area (Å²) in [4.78, 5) is 24.8. The van der Waals surface area contributed by atoms with Crippen LogP contribution < -0.4 is 5.14 Å². The van der Waals surface area contributed by atoms with Gasteiger partial charge < -0.3 is 13.9 Å². The van der Waals surface area contributed by atoms with Gasteiger partial charge in [0, 0.05) is 35.9 Å². The molecule has 0 radical (unpaired) electrons. The van der Waals surface area contributed by atoms with Crippen LogP contribution in [0.4, 0.5) is 0 Å². The standard InChI is InChI=1S/C21H23N3O5S/c1-13-5-7-16(8-6-13)24-14(2)9-18(15(24)3)20(25)12-29-21(26)19-10-17(11-23(19)4)30(22,27)28/h5-11H,12H2,1-4H3,(H2,22,27,28). The maximum Gasteiger partial charge on any atom is 0.355 e. The van der Waals surface area contributed by atoms with Crippen molar-refractivity contribution in [3.8, 4) is 5.69 Å². The molecule has 0 saturated carbocycles. The van der Waals surface area contributed by atoms with Gasteiger partial charge in [-0.2, -0.15) is 0 Å². The van der Waals surface area contributed by atoms with Gasteiger partial charge in [-0.1, -0.05) is 17.7 Å². The van der Waals surface area contributed by atoms with Crippen molar-refractivity contribution in [2.75, 3.05) is 6.61 Å². The molecule has 1 aromatic carbocycles. The van der Waals surface area contributed by atoms with E-state index in [1.807, 2.05) is 49.6 Å². The Hall–Kier alpha value is -3.17. The van der Waals surface area contributed by atoms with Gasteiger partial charge in [0.15, 0.2) is 6.61 Å². The molecule has 0 saturated heterocycles. The summed E-state index contributed by atoms with van der Waals surface area (Å²) in [6.45, 7) is 5.26. The lowest BCUT2D eigenvalue weighted by Gasteiger charge is -2.10. The zero-order valence-electron chi connectivity index (χ0n) is 17.2. The van der Waals surface area contributed by atoms with E-state index in [4.69, 9.17) is 9.88 Å². The molecule has 0 spiro atoms. The number of aromatic nitrogens is 2. The highest BCUT2D eigenvalue weighted by Gasteiger charge is 2.21. The molecule has 2 aromatic heterocycles. The lowest BCUT2D eigenvalue weighted by atomic mass is 10.1. The molecule has 2 heterocycles. The Kier molecular flexibility index (Phi) is 5.69. The third kappa shape index (κ3) is 4.22. The van der Waals surface area contributed by atoms with Crippen LogP contribution in [0, 0.1) is 20.8 Å². The summed E-state index contributed by atoms with van der Waals surface area (Å²) >= 11 is 0. The largest absolute Gasteiger partial charge is 0.453 e. The van der Waals surface area contributed by atoms with Crippen LogP contribution in [0.1, 0.15) is 37.8 Å². The van der Waals surface area contributed by atoms with E-state index in [1.165, 1.54) is 17.8 Å². The summed E-state index contributed by atoms with van der Waals surface area (Å²) in [5.74, 6) is -1.16. The summed E-state index contributed by atoms with van der Waals surface area (Å²) in [7, 11) is -2.46. The summed E-state index contributed by atoms with van der Waals surface area (Å²) in [5, 5.41) is 5.08. The van der Waals surface area contributed by atoms with Crippen molar-refractivity contribution < 1.29 is 22.7 Å². The number of esters is 1. The van der Waals surface area contributed by atoms with Crippen LogP contribution in [0.15, 0.2) is 47.5 Å². The lowest BCUT2D eigenvalue weighted by Crippen LogP contribution is -2.16. The summed E-state index contributed by atoms with van der Waals surface area (Å²) in [6.07, 6.45) is 1.21. The molecule has 0 aliphatic heterocycles. The third-order valence-electron chi connectivity index (χ3n) is 4.88. The van der Waals surface area contributed by atoms with Gasteiger partial charge in [0.2, 0.25) is 15.8 Å². The van der Waals surface area contributed by atoms with Gasteiger partial charge in [-0.15, -0.1) is 0 Å². The van der Waals surface area contributed by atoms with Gasteiger partial charge in [0.25, 0.3) is 0 Å². The fourth-order valence-electron chi connectivity index (χ4n) is 3.31. The Morgan fingerprint density at radius 1 is 1.07 bits per heavy atom. The van der Waals surface area contributed by atoms with E-state index >= 15 is 0 Å². The van der Waals surface area contributed by atoms with Gasteiger partial charge in [0.1, 0.15) is 10.6 Å². The SMILES string of the molecule is Cc1ccc(-n2c(C)cc(C(=O)COC(=O)c3cc(S(N)(=O)=O)cn3C)c2C)cc1. The number of aryl methyl sites for hydroxylation is 3. The number of carbonyl (C=O) groups is 2. The Bertz CT molecular complexity index is 1230. The van der Waals surface area contributed by atoms with E-state index in [9.17, 15) is 18.0 Å². The molecule has 3 aromatic rings. The molecular formula is C21H23N3O5S. The minimum atomic E-state index is -3.95. The number of primary sulfonamides is 1. The van der Waals surface area contributed by atoms with E-state index in [-0.39, 0.29) is 16.4 Å². The summed E-state index contributed by atoms with van der Waals surface area (Å²) < 4.78 is 31.2. The monoisotopic (exact) mass is 429 g/mol. The predicted octanol–water partition coefficient (Wildman–Crippen LogP) is 2.43. The first kappa shape index (κ1) is 21.5. The maximum absolute atomic E-state index is 12.7. The van der Waals surface area contributed by atoms with Crippen LogP contribution in [-0.4, -0.2) is 35.9 Å². The lowest BCUT2D eigenvalue weighted by molar-refractivity contribution is 0.0465. The quantitative estimate of drug-likeness (QED) is 0.478. The third-order valence-corrected chi connectivity index (χ3v) is 5.76. The molecule has 0 aliphatic rings. The van der Waals surface area contributed by atoms with Crippen molar-refractivity contribution in [1.82, 2.24) is 9.13 Å². The van der Waals surface area contributed by atoms with Crippen LogP contribution in [0.3, 0.4) is 0 Å². The Morgan fingerprint density at radius 3 is 2.27 bits per heavy atom. The molecule has 0 aliphatic carbocycles. The Morgan fingerprint density at radius 2 is 1.70 bits per heavy atom. The Balaban J connectivity index is 1.77. The summed E-state index contributed by atoms with van der Waals surface area (Å²) in [5.41, 5.74) is 4.13. The van der Waals surface area contributed by atoms with Gasteiger partial charge in [0.05, 0.1) is 0 Å². The molecule has 0 fully saturated rings. The first-order chi connectivity index (χ1) is 14.0. The zero-order chi connectivity index (χ0) is 22.2. The van der Waals surface area contributed by atoms with Gasteiger partial charge in [-0.3, -0.25) is 4.79 Å². The minimum absolute atomic E-state index is 0.0167. The van der Waals surface area contributed by atoms with E-state index in [1.54, 1.807) is 6.07 Å². The number of hydrogen-bond donors (Lipinski definition) is 1. The normalized spacial score (nSPS) is 11.5.